The number of halogens is 1. The molecule has 5 heteroatoms. The van der Waals surface area contributed by atoms with Crippen molar-refractivity contribution in [2.24, 2.45) is 0 Å². The number of esters is 1. The maximum absolute atomic E-state index is 12.1. The first-order valence-corrected chi connectivity index (χ1v) is 6.69. The fourth-order valence-corrected chi connectivity index (χ4v) is 2.04. The molecule has 3 rings (SSSR count). The maximum Gasteiger partial charge on any atom is 0.361 e. The molecule has 0 unspecified atom stereocenters. The van der Waals surface area contributed by atoms with E-state index in [1.165, 1.54) is 0 Å². The second-order valence-corrected chi connectivity index (χ2v) is 4.76. The van der Waals surface area contributed by atoms with E-state index < -0.39 is 5.97 Å². The van der Waals surface area contributed by atoms with Crippen molar-refractivity contribution in [3.63, 3.8) is 0 Å². The van der Waals surface area contributed by atoms with Crippen molar-refractivity contribution in [3.8, 4) is 17.0 Å². The first-order valence-electron chi connectivity index (χ1n) is 6.31. The van der Waals surface area contributed by atoms with Gasteiger partial charge in [0.1, 0.15) is 11.4 Å². The standard InChI is InChI=1S/C16H11ClN2O2/c17-12-8-4-5-9-15(12)21-16(20)14-10-13(18-19-14)11-6-2-1-3-7-11/h1-10H,(H,18,19). The Morgan fingerprint density at radius 3 is 2.52 bits per heavy atom. The summed E-state index contributed by atoms with van der Waals surface area (Å²) < 4.78 is 5.24. The third-order valence-electron chi connectivity index (χ3n) is 2.91. The van der Waals surface area contributed by atoms with Crippen molar-refractivity contribution < 1.29 is 9.53 Å². The minimum absolute atomic E-state index is 0.272. The molecule has 21 heavy (non-hydrogen) atoms. The number of aromatic amines is 1. The molecule has 4 nitrogen and oxygen atoms in total. The van der Waals surface area contributed by atoms with Gasteiger partial charge in [0.25, 0.3) is 0 Å². The highest BCUT2D eigenvalue weighted by molar-refractivity contribution is 6.32. The Kier molecular flexibility index (Phi) is 3.71. The van der Waals surface area contributed by atoms with Crippen molar-refractivity contribution >= 4 is 17.6 Å². The van der Waals surface area contributed by atoms with Crippen LogP contribution in [0.1, 0.15) is 10.5 Å². The van der Waals surface area contributed by atoms with Crippen LogP contribution in [-0.2, 0) is 0 Å². The summed E-state index contributed by atoms with van der Waals surface area (Å²) in [5.41, 5.74) is 1.88. The van der Waals surface area contributed by atoms with Crippen LogP contribution in [0.25, 0.3) is 11.3 Å². The lowest BCUT2D eigenvalue weighted by molar-refractivity contribution is 0.0728. The number of ether oxygens (including phenoxy) is 1. The summed E-state index contributed by atoms with van der Waals surface area (Å²) in [6.45, 7) is 0. The molecular weight excluding hydrogens is 288 g/mol. The monoisotopic (exact) mass is 298 g/mol. The summed E-state index contributed by atoms with van der Waals surface area (Å²) >= 11 is 5.95. The van der Waals surface area contributed by atoms with Crippen LogP contribution in [0, 0.1) is 0 Å². The van der Waals surface area contributed by atoms with E-state index in [0.717, 1.165) is 5.56 Å². The largest absolute Gasteiger partial charge is 0.420 e. The quantitative estimate of drug-likeness (QED) is 0.588. The number of aromatic nitrogens is 2. The molecule has 104 valence electrons. The van der Waals surface area contributed by atoms with Gasteiger partial charge in [-0.1, -0.05) is 54.1 Å². The lowest BCUT2D eigenvalue weighted by atomic mass is 10.1. The van der Waals surface area contributed by atoms with Crippen LogP contribution in [0.3, 0.4) is 0 Å². The van der Waals surface area contributed by atoms with E-state index in [1.807, 2.05) is 30.3 Å². The molecule has 3 aromatic rings. The second-order valence-electron chi connectivity index (χ2n) is 4.35. The number of carbonyl (C=O) groups is 1. The van der Waals surface area contributed by atoms with Crippen LogP contribution >= 0.6 is 11.6 Å². The highest BCUT2D eigenvalue weighted by Gasteiger charge is 2.14. The third-order valence-corrected chi connectivity index (χ3v) is 3.22. The topological polar surface area (TPSA) is 55.0 Å². The van der Waals surface area contributed by atoms with Crippen molar-refractivity contribution in [1.29, 1.82) is 0 Å². The molecule has 0 aliphatic rings. The van der Waals surface area contributed by atoms with E-state index in [9.17, 15) is 4.79 Å². The highest BCUT2D eigenvalue weighted by Crippen LogP contribution is 2.24. The van der Waals surface area contributed by atoms with E-state index in [2.05, 4.69) is 10.2 Å². The molecule has 0 saturated carbocycles. The number of para-hydroxylation sites is 1. The van der Waals surface area contributed by atoms with Gasteiger partial charge in [-0.2, -0.15) is 5.10 Å². The van der Waals surface area contributed by atoms with Crippen molar-refractivity contribution in [2.45, 2.75) is 0 Å². The molecule has 0 atom stereocenters. The van der Waals surface area contributed by atoms with Gasteiger partial charge < -0.3 is 4.74 Å². The van der Waals surface area contributed by atoms with Gasteiger partial charge in [-0.05, 0) is 18.2 Å². The van der Waals surface area contributed by atoms with Crippen molar-refractivity contribution in [2.75, 3.05) is 0 Å². The number of carbonyl (C=O) groups excluding carboxylic acids is 1. The average molecular weight is 299 g/mol. The van der Waals surface area contributed by atoms with Crippen molar-refractivity contribution in [3.05, 3.63) is 71.4 Å². The molecular formula is C16H11ClN2O2. The van der Waals surface area contributed by atoms with Gasteiger partial charge in [0, 0.05) is 5.56 Å². The summed E-state index contributed by atoms with van der Waals surface area (Å²) in [5, 5.41) is 7.17. The molecule has 1 heterocycles. The first-order chi connectivity index (χ1) is 10.2. The zero-order chi connectivity index (χ0) is 14.7. The molecule has 0 bridgehead atoms. The van der Waals surface area contributed by atoms with Crippen LogP contribution in [0.15, 0.2) is 60.7 Å². The van der Waals surface area contributed by atoms with E-state index in [-0.39, 0.29) is 5.69 Å². The van der Waals surface area contributed by atoms with E-state index >= 15 is 0 Å². The summed E-state index contributed by atoms with van der Waals surface area (Å²) in [6.07, 6.45) is 0. The zero-order valence-electron chi connectivity index (χ0n) is 10.9. The van der Waals surface area contributed by atoms with Gasteiger partial charge in [0.05, 0.1) is 10.7 Å². The Morgan fingerprint density at radius 1 is 1.05 bits per heavy atom. The van der Waals surface area contributed by atoms with Gasteiger partial charge in [-0.25, -0.2) is 4.79 Å². The predicted molar refractivity (Wildman–Crippen MR) is 80.4 cm³/mol. The summed E-state index contributed by atoms with van der Waals surface area (Å²) in [7, 11) is 0. The predicted octanol–water partition coefficient (Wildman–Crippen LogP) is 3.95. The van der Waals surface area contributed by atoms with E-state index in [1.54, 1.807) is 30.3 Å². The van der Waals surface area contributed by atoms with Crippen LogP contribution in [-0.4, -0.2) is 16.2 Å². The summed E-state index contributed by atoms with van der Waals surface area (Å²) in [4.78, 5) is 12.1. The molecule has 2 aromatic carbocycles. The van der Waals surface area contributed by atoms with Crippen LogP contribution in [0.2, 0.25) is 5.02 Å². The highest BCUT2D eigenvalue weighted by atomic mass is 35.5. The lowest BCUT2D eigenvalue weighted by Crippen LogP contribution is -2.09. The molecule has 1 N–H and O–H groups in total. The lowest BCUT2D eigenvalue weighted by Gasteiger charge is -2.03. The van der Waals surface area contributed by atoms with Gasteiger partial charge in [-0.15, -0.1) is 0 Å². The molecule has 0 fully saturated rings. The number of hydrogen-bond donors (Lipinski definition) is 1. The number of benzene rings is 2. The van der Waals surface area contributed by atoms with E-state index in [4.69, 9.17) is 16.3 Å². The Bertz CT molecular complexity index is 769. The summed E-state index contributed by atoms with van der Waals surface area (Å²) in [6, 6.07) is 18.0. The minimum Gasteiger partial charge on any atom is -0.420 e. The Morgan fingerprint density at radius 2 is 1.76 bits per heavy atom. The average Bonchev–Trinajstić information content (AvgIpc) is 3.00. The zero-order valence-corrected chi connectivity index (χ0v) is 11.7. The Labute approximate surface area is 126 Å². The smallest absolute Gasteiger partial charge is 0.361 e. The van der Waals surface area contributed by atoms with Crippen LogP contribution in [0.4, 0.5) is 0 Å². The fraction of sp³-hybridized carbons (Fsp3) is 0. The maximum atomic E-state index is 12.1. The molecule has 0 spiro atoms. The fourth-order valence-electron chi connectivity index (χ4n) is 1.87. The molecule has 0 amide bonds. The molecule has 0 aliphatic carbocycles. The van der Waals surface area contributed by atoms with Crippen LogP contribution in [0.5, 0.6) is 5.75 Å². The first kappa shape index (κ1) is 13.4. The molecule has 0 radical (unpaired) electrons. The summed E-state index contributed by atoms with van der Waals surface area (Å²) in [5.74, 6) is -0.210. The van der Waals surface area contributed by atoms with Crippen LogP contribution < -0.4 is 4.74 Å². The molecule has 1 aromatic heterocycles. The number of hydrogen-bond acceptors (Lipinski definition) is 3. The number of H-pyrrole nitrogens is 1. The van der Waals surface area contributed by atoms with Crippen molar-refractivity contribution in [1.82, 2.24) is 10.2 Å². The molecule has 0 aliphatic heterocycles. The SMILES string of the molecule is O=C(Oc1ccccc1Cl)c1cc(-c2ccccc2)n[nH]1. The number of rotatable bonds is 3. The van der Waals surface area contributed by atoms with Gasteiger partial charge in [0.2, 0.25) is 0 Å². The third kappa shape index (κ3) is 2.95. The number of nitrogens with zero attached hydrogens (tertiary/aromatic N) is 1. The second kappa shape index (κ2) is 5.81. The van der Waals surface area contributed by atoms with Gasteiger partial charge in [0.15, 0.2) is 0 Å². The minimum atomic E-state index is -0.530. The van der Waals surface area contributed by atoms with E-state index in [0.29, 0.717) is 16.5 Å². The van der Waals surface area contributed by atoms with Gasteiger partial charge >= 0.3 is 5.97 Å². The normalized spacial score (nSPS) is 10.3. The molecule has 0 saturated heterocycles. The number of nitrogens with one attached hydrogen (secondary N) is 1. The Balaban J connectivity index is 1.80. The van der Waals surface area contributed by atoms with Gasteiger partial charge in [-0.3, -0.25) is 5.10 Å². The Hall–Kier alpha value is -2.59.